The summed E-state index contributed by atoms with van der Waals surface area (Å²) in [6.07, 6.45) is 5.79. The second-order valence-electron chi connectivity index (χ2n) is 6.19. The van der Waals surface area contributed by atoms with Crippen molar-refractivity contribution in [1.82, 2.24) is 4.57 Å². The van der Waals surface area contributed by atoms with Crippen LogP contribution in [0.1, 0.15) is 34.6 Å². The molecular formula is C18H23N2O3+. The molecule has 3 rings (SSSR count). The maximum absolute atomic E-state index is 12.6. The summed E-state index contributed by atoms with van der Waals surface area (Å²) in [5.74, 6) is 0.205. The number of ketones is 1. The van der Waals surface area contributed by atoms with Crippen LogP contribution in [0.3, 0.4) is 0 Å². The molecule has 0 aromatic carbocycles. The number of aromatic hydroxyl groups is 1. The number of aryl methyl sites for hydroxylation is 1. The lowest BCUT2D eigenvalue weighted by Gasteiger charge is -2.14. The molecule has 5 heteroatoms. The zero-order chi connectivity index (χ0) is 16.4. The van der Waals surface area contributed by atoms with Crippen molar-refractivity contribution in [3.8, 4) is 5.75 Å². The molecule has 2 aromatic heterocycles. The number of pyridine rings is 1. The Morgan fingerprint density at radius 1 is 1.48 bits per heavy atom. The number of hydrogen-bond acceptors (Lipinski definition) is 3. The van der Waals surface area contributed by atoms with Gasteiger partial charge in [0.05, 0.1) is 6.10 Å². The van der Waals surface area contributed by atoms with Crippen molar-refractivity contribution in [2.75, 3.05) is 6.61 Å². The number of carbonyl (C=O) groups excluding carboxylic acids is 1. The summed E-state index contributed by atoms with van der Waals surface area (Å²) >= 11 is 0. The summed E-state index contributed by atoms with van der Waals surface area (Å²) in [7, 11) is 0. The first-order chi connectivity index (χ1) is 11.0. The molecule has 2 aromatic rings. The maximum Gasteiger partial charge on any atom is 0.229 e. The lowest BCUT2D eigenvalue weighted by atomic mass is 10.1. The van der Waals surface area contributed by atoms with Crippen LogP contribution in [-0.2, 0) is 17.8 Å². The van der Waals surface area contributed by atoms with Crippen molar-refractivity contribution in [2.24, 2.45) is 0 Å². The first kappa shape index (κ1) is 15.7. The molecule has 1 saturated heterocycles. The molecule has 1 atom stereocenters. The van der Waals surface area contributed by atoms with E-state index < -0.39 is 0 Å². The van der Waals surface area contributed by atoms with E-state index in [0.29, 0.717) is 0 Å². The van der Waals surface area contributed by atoms with Crippen LogP contribution in [0, 0.1) is 13.8 Å². The van der Waals surface area contributed by atoms with Gasteiger partial charge in [-0.1, -0.05) is 0 Å². The number of carbonyl (C=O) groups is 1. The Hall–Kier alpha value is -2.14. The molecule has 122 valence electrons. The zero-order valence-electron chi connectivity index (χ0n) is 13.7. The molecular weight excluding hydrogens is 292 g/mol. The highest BCUT2D eigenvalue weighted by atomic mass is 16.5. The smallest absolute Gasteiger partial charge is 0.229 e. The van der Waals surface area contributed by atoms with E-state index in [0.717, 1.165) is 42.9 Å². The van der Waals surface area contributed by atoms with E-state index in [9.17, 15) is 9.90 Å². The van der Waals surface area contributed by atoms with Crippen LogP contribution in [0.4, 0.5) is 0 Å². The second-order valence-corrected chi connectivity index (χ2v) is 6.19. The Bertz CT molecular complexity index is 715. The first-order valence-electron chi connectivity index (χ1n) is 8.04. The molecule has 0 radical (unpaired) electrons. The van der Waals surface area contributed by atoms with Gasteiger partial charge in [0.15, 0.2) is 11.9 Å². The molecule has 0 unspecified atom stereocenters. The van der Waals surface area contributed by atoms with Gasteiger partial charge < -0.3 is 14.4 Å². The summed E-state index contributed by atoms with van der Waals surface area (Å²) in [6, 6.07) is 5.27. The number of rotatable bonds is 5. The van der Waals surface area contributed by atoms with Crippen molar-refractivity contribution >= 4 is 5.78 Å². The third-order valence-electron chi connectivity index (χ3n) is 4.45. The molecule has 5 nitrogen and oxygen atoms in total. The van der Waals surface area contributed by atoms with Crippen LogP contribution >= 0.6 is 0 Å². The minimum Gasteiger partial charge on any atom is -0.503 e. The van der Waals surface area contributed by atoms with Gasteiger partial charge in [-0.25, -0.2) is 0 Å². The third-order valence-corrected chi connectivity index (χ3v) is 4.45. The van der Waals surface area contributed by atoms with E-state index in [2.05, 4.69) is 4.57 Å². The molecule has 3 heterocycles. The van der Waals surface area contributed by atoms with Crippen LogP contribution in [0.15, 0.2) is 30.6 Å². The summed E-state index contributed by atoms with van der Waals surface area (Å²) in [5.41, 5.74) is 2.82. The minimum absolute atomic E-state index is 0.0484. The molecule has 0 bridgehead atoms. The van der Waals surface area contributed by atoms with Gasteiger partial charge in [0.2, 0.25) is 18.5 Å². The van der Waals surface area contributed by atoms with Gasteiger partial charge in [-0.2, -0.15) is 4.57 Å². The molecule has 1 N–H and O–H groups in total. The van der Waals surface area contributed by atoms with E-state index in [-0.39, 0.29) is 24.2 Å². The summed E-state index contributed by atoms with van der Waals surface area (Å²) in [4.78, 5) is 12.6. The van der Waals surface area contributed by atoms with Crippen LogP contribution in [0.25, 0.3) is 0 Å². The van der Waals surface area contributed by atoms with Crippen LogP contribution in [0.2, 0.25) is 0 Å². The van der Waals surface area contributed by atoms with Gasteiger partial charge in [-0.3, -0.25) is 4.79 Å². The van der Waals surface area contributed by atoms with Gasteiger partial charge >= 0.3 is 0 Å². The minimum atomic E-state index is 0.0484. The molecule has 23 heavy (non-hydrogen) atoms. The third kappa shape index (κ3) is 3.45. The summed E-state index contributed by atoms with van der Waals surface area (Å²) in [5, 5.41) is 9.51. The van der Waals surface area contributed by atoms with E-state index >= 15 is 0 Å². The Kier molecular flexibility index (Phi) is 4.48. The van der Waals surface area contributed by atoms with Crippen molar-refractivity contribution < 1.29 is 19.2 Å². The fraction of sp³-hybridized carbons (Fsp3) is 0.444. The standard InChI is InChI=1S/C18H22N2O3/c1-13-9-17(14(2)20(13)11-16-6-4-8-23-16)18(22)12-19-7-3-5-15(21)10-19/h3,5,7,9-10,16H,4,6,8,11-12H2,1-2H3/p+1/t16-/m1/s1. The number of nitrogens with zero attached hydrogens (tertiary/aromatic N) is 2. The lowest BCUT2D eigenvalue weighted by molar-refractivity contribution is -0.683. The average molecular weight is 315 g/mol. The van der Waals surface area contributed by atoms with Crippen LogP contribution in [-0.4, -0.2) is 28.2 Å². The Labute approximate surface area is 136 Å². The normalized spacial score (nSPS) is 17.6. The molecule has 0 aliphatic carbocycles. The van der Waals surface area contributed by atoms with Gasteiger partial charge in [0, 0.05) is 36.2 Å². The number of ether oxygens (including phenoxy) is 1. The topological polar surface area (TPSA) is 55.3 Å². The monoisotopic (exact) mass is 315 g/mol. The van der Waals surface area contributed by atoms with Crippen molar-refractivity contribution in [1.29, 1.82) is 0 Å². The zero-order valence-corrected chi connectivity index (χ0v) is 13.7. The van der Waals surface area contributed by atoms with E-state index in [4.69, 9.17) is 4.74 Å². The average Bonchev–Trinajstić information content (AvgIpc) is 3.11. The van der Waals surface area contributed by atoms with Crippen molar-refractivity contribution in [3.63, 3.8) is 0 Å². The highest BCUT2D eigenvalue weighted by molar-refractivity contribution is 5.96. The van der Waals surface area contributed by atoms with Crippen LogP contribution in [0.5, 0.6) is 5.75 Å². The second kappa shape index (κ2) is 6.54. The highest BCUT2D eigenvalue weighted by Crippen LogP contribution is 2.20. The molecule has 0 spiro atoms. The predicted octanol–water partition coefficient (Wildman–Crippen LogP) is 2.16. The Morgan fingerprint density at radius 3 is 3.00 bits per heavy atom. The SMILES string of the molecule is Cc1cc(C(=O)C[n+]2cccc(O)c2)c(C)n1C[C@H]1CCCO1. The van der Waals surface area contributed by atoms with E-state index in [1.165, 1.54) is 0 Å². The maximum atomic E-state index is 12.6. The molecule has 1 fully saturated rings. The Balaban J connectivity index is 1.78. The largest absolute Gasteiger partial charge is 0.503 e. The van der Waals surface area contributed by atoms with Gasteiger partial charge in [0.25, 0.3) is 0 Å². The molecule has 0 amide bonds. The fourth-order valence-corrected chi connectivity index (χ4v) is 3.21. The van der Waals surface area contributed by atoms with Gasteiger partial charge in [-0.05, 0) is 38.8 Å². The number of aromatic nitrogens is 2. The van der Waals surface area contributed by atoms with E-state index in [1.54, 1.807) is 29.1 Å². The lowest BCUT2D eigenvalue weighted by Crippen LogP contribution is -2.37. The molecule has 0 saturated carbocycles. The Morgan fingerprint density at radius 2 is 2.30 bits per heavy atom. The molecule has 1 aliphatic rings. The highest BCUT2D eigenvalue weighted by Gasteiger charge is 2.22. The van der Waals surface area contributed by atoms with E-state index in [1.807, 2.05) is 19.9 Å². The fourth-order valence-electron chi connectivity index (χ4n) is 3.21. The predicted molar refractivity (Wildman–Crippen MR) is 85.5 cm³/mol. The first-order valence-corrected chi connectivity index (χ1v) is 8.04. The van der Waals surface area contributed by atoms with Gasteiger partial charge in [-0.15, -0.1) is 0 Å². The van der Waals surface area contributed by atoms with Crippen molar-refractivity contribution in [3.05, 3.63) is 47.5 Å². The van der Waals surface area contributed by atoms with Crippen molar-refractivity contribution in [2.45, 2.75) is 45.9 Å². The van der Waals surface area contributed by atoms with Crippen LogP contribution < -0.4 is 4.57 Å². The summed E-state index contributed by atoms with van der Waals surface area (Å²) in [6.45, 7) is 5.88. The number of hydrogen-bond donors (Lipinski definition) is 1. The molecule has 1 aliphatic heterocycles. The quantitative estimate of drug-likeness (QED) is 0.679. The number of Topliss-reactive ketones (excluding diaryl/α,β-unsaturated/α-hetero) is 1. The van der Waals surface area contributed by atoms with Gasteiger partial charge in [0.1, 0.15) is 0 Å². The summed E-state index contributed by atoms with van der Waals surface area (Å²) < 4.78 is 9.58.